The molecular formula is C18H25N5S. The van der Waals surface area contributed by atoms with Crippen molar-refractivity contribution < 1.29 is 0 Å². The number of hydrogen-bond acceptors (Lipinski definition) is 6. The third-order valence-corrected chi connectivity index (χ3v) is 5.13. The molecule has 2 heterocycles. The predicted octanol–water partition coefficient (Wildman–Crippen LogP) is 3.04. The quantitative estimate of drug-likeness (QED) is 0.647. The van der Waals surface area contributed by atoms with Crippen LogP contribution in [0.15, 0.2) is 34.7 Å². The molecule has 1 aromatic carbocycles. The molecular weight excluding hydrogens is 318 g/mol. The largest absolute Gasteiger partial charge is 0.301 e. The summed E-state index contributed by atoms with van der Waals surface area (Å²) in [5, 5.41) is 7.12. The number of aromatic nitrogens is 1. The van der Waals surface area contributed by atoms with E-state index < -0.39 is 0 Å². The number of nitrogens with one attached hydrogen (secondary N) is 1. The number of aryl methyl sites for hydroxylation is 1. The Morgan fingerprint density at radius 3 is 2.75 bits per heavy atom. The Hall–Kier alpha value is -1.76. The first-order valence-corrected chi connectivity index (χ1v) is 9.36. The zero-order valence-electron chi connectivity index (χ0n) is 14.4. The summed E-state index contributed by atoms with van der Waals surface area (Å²) in [4.78, 5) is 9.37. The van der Waals surface area contributed by atoms with E-state index in [0.717, 1.165) is 42.6 Å². The van der Waals surface area contributed by atoms with Crippen molar-refractivity contribution in [2.75, 3.05) is 38.1 Å². The number of benzene rings is 1. The van der Waals surface area contributed by atoms with Crippen molar-refractivity contribution in [3.63, 3.8) is 0 Å². The first-order valence-electron chi connectivity index (χ1n) is 8.48. The Bertz CT molecular complexity index is 674. The normalized spacial score (nSPS) is 16.8. The smallest absolute Gasteiger partial charge is 0.203 e. The summed E-state index contributed by atoms with van der Waals surface area (Å²) >= 11 is 1.57. The van der Waals surface area contributed by atoms with Gasteiger partial charge in [-0.05, 0) is 30.7 Å². The van der Waals surface area contributed by atoms with Crippen molar-refractivity contribution in [1.82, 2.24) is 14.8 Å². The molecule has 0 spiro atoms. The van der Waals surface area contributed by atoms with Crippen LogP contribution in [0.3, 0.4) is 0 Å². The van der Waals surface area contributed by atoms with E-state index in [0.29, 0.717) is 0 Å². The van der Waals surface area contributed by atoms with Crippen molar-refractivity contribution in [2.45, 2.75) is 20.4 Å². The summed E-state index contributed by atoms with van der Waals surface area (Å²) in [6, 6.07) is 8.59. The van der Waals surface area contributed by atoms with E-state index in [1.807, 2.05) is 18.5 Å². The molecule has 6 heteroatoms. The summed E-state index contributed by atoms with van der Waals surface area (Å²) in [5.74, 6) is 0. The number of thiazole rings is 1. The fraction of sp³-hybridized carbons (Fsp3) is 0.444. The molecule has 0 radical (unpaired) electrons. The van der Waals surface area contributed by atoms with Crippen LogP contribution in [0.4, 0.5) is 5.13 Å². The zero-order chi connectivity index (χ0) is 16.8. The fourth-order valence-corrected chi connectivity index (χ4v) is 3.50. The first-order chi connectivity index (χ1) is 11.7. The van der Waals surface area contributed by atoms with Gasteiger partial charge >= 0.3 is 0 Å². The highest BCUT2D eigenvalue weighted by molar-refractivity contribution is 7.13. The van der Waals surface area contributed by atoms with Gasteiger partial charge in [0.15, 0.2) is 0 Å². The van der Waals surface area contributed by atoms with Gasteiger partial charge in [-0.1, -0.05) is 25.1 Å². The molecule has 1 N–H and O–H groups in total. The highest BCUT2D eigenvalue weighted by Gasteiger charge is 2.15. The van der Waals surface area contributed by atoms with Gasteiger partial charge in [-0.3, -0.25) is 10.3 Å². The molecule has 0 saturated carbocycles. The van der Waals surface area contributed by atoms with Gasteiger partial charge in [0.2, 0.25) is 5.13 Å². The molecule has 2 aromatic rings. The molecule has 1 aromatic heterocycles. The Labute approximate surface area is 148 Å². The molecule has 0 aliphatic carbocycles. The maximum absolute atomic E-state index is 4.33. The monoisotopic (exact) mass is 343 g/mol. The molecule has 0 amide bonds. The number of rotatable bonds is 6. The van der Waals surface area contributed by atoms with E-state index in [1.165, 1.54) is 18.7 Å². The van der Waals surface area contributed by atoms with E-state index in [-0.39, 0.29) is 0 Å². The maximum Gasteiger partial charge on any atom is 0.203 e. The highest BCUT2D eigenvalue weighted by Crippen LogP contribution is 2.14. The first kappa shape index (κ1) is 17.1. The number of likely N-dealkylation sites (N-methyl/N-ethyl adjacent to an activating group) is 1. The molecule has 5 nitrogen and oxygen atoms in total. The van der Waals surface area contributed by atoms with Crippen LogP contribution in [-0.2, 0) is 6.54 Å². The van der Waals surface area contributed by atoms with Crippen LogP contribution < -0.4 is 5.43 Å². The fourth-order valence-electron chi connectivity index (χ4n) is 2.86. The molecule has 0 bridgehead atoms. The minimum atomic E-state index is 0.827. The van der Waals surface area contributed by atoms with E-state index in [9.17, 15) is 0 Å². The molecule has 1 aliphatic rings. The minimum absolute atomic E-state index is 0.827. The summed E-state index contributed by atoms with van der Waals surface area (Å²) in [6.07, 6.45) is 1.86. The molecule has 3 rings (SSSR count). The second-order valence-electron chi connectivity index (χ2n) is 6.12. The van der Waals surface area contributed by atoms with Crippen LogP contribution >= 0.6 is 11.3 Å². The van der Waals surface area contributed by atoms with Crippen LogP contribution in [-0.4, -0.2) is 53.7 Å². The van der Waals surface area contributed by atoms with Crippen LogP contribution in [0.1, 0.15) is 23.7 Å². The molecule has 0 unspecified atom stereocenters. The lowest BCUT2D eigenvalue weighted by Crippen LogP contribution is -2.45. The number of piperazine rings is 1. The lowest BCUT2D eigenvalue weighted by molar-refractivity contribution is 0.132. The second-order valence-corrected chi connectivity index (χ2v) is 6.98. The van der Waals surface area contributed by atoms with Gasteiger partial charge in [0.1, 0.15) is 0 Å². The van der Waals surface area contributed by atoms with E-state index >= 15 is 0 Å². The van der Waals surface area contributed by atoms with Crippen molar-refractivity contribution in [3.05, 3.63) is 46.5 Å². The van der Waals surface area contributed by atoms with E-state index in [2.05, 4.69) is 56.5 Å². The summed E-state index contributed by atoms with van der Waals surface area (Å²) in [5.41, 5.74) is 6.46. The van der Waals surface area contributed by atoms with Gasteiger partial charge in [-0.25, -0.2) is 4.98 Å². The lowest BCUT2D eigenvalue weighted by atomic mass is 10.1. The lowest BCUT2D eigenvalue weighted by Gasteiger charge is -2.34. The average Bonchev–Trinajstić information content (AvgIpc) is 3.01. The van der Waals surface area contributed by atoms with Gasteiger partial charge in [0.05, 0.1) is 11.9 Å². The van der Waals surface area contributed by atoms with E-state index in [4.69, 9.17) is 0 Å². The van der Waals surface area contributed by atoms with E-state index in [1.54, 1.807) is 11.3 Å². The summed E-state index contributed by atoms with van der Waals surface area (Å²) < 4.78 is 0. The molecule has 1 fully saturated rings. The van der Waals surface area contributed by atoms with Crippen molar-refractivity contribution in [2.24, 2.45) is 5.10 Å². The third kappa shape index (κ3) is 4.87. The third-order valence-electron chi connectivity index (χ3n) is 4.26. The Morgan fingerprint density at radius 2 is 2.04 bits per heavy atom. The number of nitrogens with zero attached hydrogens (tertiary/aromatic N) is 4. The number of anilines is 1. The van der Waals surface area contributed by atoms with Crippen molar-refractivity contribution >= 4 is 22.7 Å². The minimum Gasteiger partial charge on any atom is -0.301 e. The van der Waals surface area contributed by atoms with Gasteiger partial charge in [0, 0.05) is 38.1 Å². The number of hydrazone groups is 1. The SMILES string of the molecule is CCN1CCN(Cc2cccc(C=NNc3nc(C)cs3)c2)CC1. The van der Waals surface area contributed by atoms with Gasteiger partial charge in [0.25, 0.3) is 0 Å². The van der Waals surface area contributed by atoms with Crippen LogP contribution in [0, 0.1) is 6.92 Å². The maximum atomic E-state index is 4.33. The Kier molecular flexibility index (Phi) is 5.96. The van der Waals surface area contributed by atoms with Crippen LogP contribution in [0.2, 0.25) is 0 Å². The van der Waals surface area contributed by atoms with Gasteiger partial charge in [-0.15, -0.1) is 11.3 Å². The molecule has 1 saturated heterocycles. The molecule has 0 atom stereocenters. The molecule has 128 valence electrons. The highest BCUT2D eigenvalue weighted by atomic mass is 32.1. The summed E-state index contributed by atoms with van der Waals surface area (Å²) in [7, 11) is 0. The second kappa shape index (κ2) is 8.37. The van der Waals surface area contributed by atoms with Crippen LogP contribution in [0.5, 0.6) is 0 Å². The van der Waals surface area contributed by atoms with Crippen molar-refractivity contribution in [1.29, 1.82) is 0 Å². The number of hydrogen-bond donors (Lipinski definition) is 1. The Balaban J connectivity index is 1.54. The average molecular weight is 344 g/mol. The van der Waals surface area contributed by atoms with Gasteiger partial charge in [-0.2, -0.15) is 5.10 Å². The van der Waals surface area contributed by atoms with Crippen molar-refractivity contribution in [3.8, 4) is 0 Å². The van der Waals surface area contributed by atoms with Gasteiger partial charge < -0.3 is 4.90 Å². The summed E-state index contributed by atoms with van der Waals surface area (Å²) in [6.45, 7) is 11.0. The molecule has 1 aliphatic heterocycles. The predicted molar refractivity (Wildman–Crippen MR) is 102 cm³/mol. The Morgan fingerprint density at radius 1 is 1.25 bits per heavy atom. The zero-order valence-corrected chi connectivity index (χ0v) is 15.2. The molecule has 24 heavy (non-hydrogen) atoms. The standard InChI is InChI=1S/C18H25N5S/c1-3-22-7-9-23(10-8-22)13-17-6-4-5-16(11-17)12-19-21-18-20-15(2)14-24-18/h4-6,11-12,14H,3,7-10,13H2,1-2H3,(H,20,21). The van der Waals surface area contributed by atoms with Crippen LogP contribution in [0.25, 0.3) is 0 Å². The topological polar surface area (TPSA) is 43.8 Å².